The standard InChI is InChI=1S/C21H23FN4O2/c1-13-10-11-16(12-18(13)22)24-20(27)14(2)23-19-15(3)25(4)26(21(19)28)17-8-6-5-7-9-17/h5-12,14,23H,1-4H3,(H,24,27). The minimum atomic E-state index is -0.692. The number of hydrogen-bond donors (Lipinski definition) is 2. The second-order valence-electron chi connectivity index (χ2n) is 6.76. The number of amides is 1. The van der Waals surface area contributed by atoms with E-state index >= 15 is 0 Å². The lowest BCUT2D eigenvalue weighted by atomic mass is 10.2. The van der Waals surface area contributed by atoms with Gasteiger partial charge in [0.1, 0.15) is 17.5 Å². The highest BCUT2D eigenvalue weighted by Crippen LogP contribution is 2.17. The lowest BCUT2D eigenvalue weighted by Crippen LogP contribution is -2.34. The average Bonchev–Trinajstić information content (AvgIpc) is 2.88. The van der Waals surface area contributed by atoms with Crippen LogP contribution in [0.25, 0.3) is 5.69 Å². The van der Waals surface area contributed by atoms with E-state index in [4.69, 9.17) is 0 Å². The van der Waals surface area contributed by atoms with Crippen LogP contribution in [0.15, 0.2) is 53.3 Å². The van der Waals surface area contributed by atoms with E-state index in [1.54, 1.807) is 37.7 Å². The Bertz CT molecular complexity index is 1070. The van der Waals surface area contributed by atoms with Crippen LogP contribution in [0, 0.1) is 19.7 Å². The van der Waals surface area contributed by atoms with Crippen molar-refractivity contribution in [1.29, 1.82) is 0 Å². The lowest BCUT2D eigenvalue weighted by molar-refractivity contribution is -0.116. The van der Waals surface area contributed by atoms with Gasteiger partial charge in [0.25, 0.3) is 5.56 Å². The Morgan fingerprint density at radius 3 is 2.43 bits per heavy atom. The number of nitrogens with zero attached hydrogens (tertiary/aromatic N) is 2. The minimum Gasteiger partial charge on any atom is -0.368 e. The maximum absolute atomic E-state index is 13.7. The summed E-state index contributed by atoms with van der Waals surface area (Å²) in [6, 6.07) is 13.1. The van der Waals surface area contributed by atoms with Crippen molar-refractivity contribution in [1.82, 2.24) is 9.36 Å². The van der Waals surface area contributed by atoms with Gasteiger partial charge in [-0.25, -0.2) is 9.07 Å². The molecule has 2 N–H and O–H groups in total. The highest BCUT2D eigenvalue weighted by molar-refractivity contribution is 5.96. The normalized spacial score (nSPS) is 11.9. The summed E-state index contributed by atoms with van der Waals surface area (Å²) in [7, 11) is 1.79. The number of hydrogen-bond acceptors (Lipinski definition) is 3. The quantitative estimate of drug-likeness (QED) is 0.711. The van der Waals surface area contributed by atoms with Crippen LogP contribution in [0.5, 0.6) is 0 Å². The Morgan fingerprint density at radius 2 is 1.79 bits per heavy atom. The molecule has 0 fully saturated rings. The molecular weight excluding hydrogens is 359 g/mol. The molecule has 1 amide bonds. The molecule has 1 unspecified atom stereocenters. The van der Waals surface area contributed by atoms with E-state index in [0.717, 1.165) is 5.69 Å². The predicted octanol–water partition coefficient (Wildman–Crippen LogP) is 3.37. The molecule has 0 spiro atoms. The van der Waals surface area contributed by atoms with Crippen LogP contribution in [0.4, 0.5) is 15.8 Å². The molecule has 0 saturated heterocycles. The zero-order chi connectivity index (χ0) is 20.4. The summed E-state index contributed by atoms with van der Waals surface area (Å²) >= 11 is 0. The molecule has 6 nitrogen and oxygen atoms in total. The lowest BCUT2D eigenvalue weighted by Gasteiger charge is -2.14. The van der Waals surface area contributed by atoms with Crippen molar-refractivity contribution in [2.24, 2.45) is 7.05 Å². The number of halogens is 1. The SMILES string of the molecule is Cc1ccc(NC(=O)C(C)Nc2c(C)n(C)n(-c3ccccc3)c2=O)cc1F. The summed E-state index contributed by atoms with van der Waals surface area (Å²) in [5.74, 6) is -0.750. The minimum absolute atomic E-state index is 0.243. The van der Waals surface area contributed by atoms with Gasteiger partial charge in [-0.1, -0.05) is 24.3 Å². The van der Waals surface area contributed by atoms with Crippen molar-refractivity contribution >= 4 is 17.3 Å². The van der Waals surface area contributed by atoms with Crippen molar-refractivity contribution in [3.05, 3.63) is 76.0 Å². The molecule has 3 rings (SSSR count). The van der Waals surface area contributed by atoms with Crippen LogP contribution in [-0.2, 0) is 11.8 Å². The molecule has 0 bridgehead atoms. The van der Waals surface area contributed by atoms with Gasteiger partial charge in [-0.2, -0.15) is 0 Å². The first-order valence-electron chi connectivity index (χ1n) is 8.97. The monoisotopic (exact) mass is 382 g/mol. The van der Waals surface area contributed by atoms with Gasteiger partial charge < -0.3 is 10.6 Å². The van der Waals surface area contributed by atoms with Gasteiger partial charge in [0.15, 0.2) is 0 Å². The smallest absolute Gasteiger partial charge is 0.295 e. The zero-order valence-electron chi connectivity index (χ0n) is 16.3. The van der Waals surface area contributed by atoms with E-state index in [1.807, 2.05) is 37.3 Å². The van der Waals surface area contributed by atoms with Gasteiger partial charge in [0.2, 0.25) is 5.91 Å². The summed E-state index contributed by atoms with van der Waals surface area (Å²) in [4.78, 5) is 25.4. The van der Waals surface area contributed by atoms with Gasteiger partial charge in [0, 0.05) is 12.7 Å². The van der Waals surface area contributed by atoms with Crippen LogP contribution in [0.3, 0.4) is 0 Å². The number of nitrogens with one attached hydrogen (secondary N) is 2. The van der Waals surface area contributed by atoms with Crippen molar-refractivity contribution in [3.63, 3.8) is 0 Å². The number of para-hydroxylation sites is 1. The van der Waals surface area contributed by atoms with Crippen LogP contribution in [0.2, 0.25) is 0 Å². The highest BCUT2D eigenvalue weighted by atomic mass is 19.1. The van der Waals surface area contributed by atoms with Crippen molar-refractivity contribution < 1.29 is 9.18 Å². The molecule has 0 radical (unpaired) electrons. The molecule has 1 aromatic heterocycles. The Morgan fingerprint density at radius 1 is 1.11 bits per heavy atom. The molecule has 2 aromatic carbocycles. The molecule has 146 valence electrons. The third-order valence-corrected chi connectivity index (χ3v) is 4.75. The Hall–Kier alpha value is -3.35. The predicted molar refractivity (Wildman–Crippen MR) is 109 cm³/mol. The molecule has 28 heavy (non-hydrogen) atoms. The number of carbonyl (C=O) groups excluding carboxylic acids is 1. The first kappa shape index (κ1) is 19.4. The number of anilines is 2. The number of aryl methyl sites for hydroxylation is 1. The Balaban J connectivity index is 1.82. The van der Waals surface area contributed by atoms with E-state index in [9.17, 15) is 14.0 Å². The van der Waals surface area contributed by atoms with E-state index in [-0.39, 0.29) is 17.3 Å². The summed E-state index contributed by atoms with van der Waals surface area (Å²) in [6.07, 6.45) is 0. The van der Waals surface area contributed by atoms with Crippen LogP contribution >= 0.6 is 0 Å². The van der Waals surface area contributed by atoms with Crippen molar-refractivity contribution in [2.45, 2.75) is 26.8 Å². The van der Waals surface area contributed by atoms with E-state index < -0.39 is 6.04 Å². The molecule has 1 heterocycles. The number of aromatic nitrogens is 2. The summed E-state index contributed by atoms with van der Waals surface area (Å²) < 4.78 is 17.0. The third kappa shape index (κ3) is 3.69. The van der Waals surface area contributed by atoms with Gasteiger partial charge in [-0.15, -0.1) is 0 Å². The molecule has 7 heteroatoms. The maximum atomic E-state index is 13.7. The fraction of sp³-hybridized carbons (Fsp3) is 0.238. The fourth-order valence-electron chi connectivity index (χ4n) is 2.94. The molecule has 3 aromatic rings. The van der Waals surface area contributed by atoms with Gasteiger partial charge >= 0.3 is 0 Å². The van der Waals surface area contributed by atoms with Crippen LogP contribution in [0.1, 0.15) is 18.2 Å². The highest BCUT2D eigenvalue weighted by Gasteiger charge is 2.21. The van der Waals surface area contributed by atoms with Crippen molar-refractivity contribution in [2.75, 3.05) is 10.6 Å². The topological polar surface area (TPSA) is 68.1 Å². The fourth-order valence-corrected chi connectivity index (χ4v) is 2.94. The second kappa shape index (κ2) is 7.72. The van der Waals surface area contributed by atoms with Gasteiger partial charge in [-0.05, 0) is 50.6 Å². The van der Waals surface area contributed by atoms with Crippen LogP contribution in [-0.4, -0.2) is 21.3 Å². The number of rotatable bonds is 5. The Labute approximate surface area is 162 Å². The summed E-state index contributed by atoms with van der Waals surface area (Å²) in [5, 5.41) is 5.66. The zero-order valence-corrected chi connectivity index (χ0v) is 16.3. The average molecular weight is 382 g/mol. The molecule has 1 atom stereocenters. The summed E-state index contributed by atoms with van der Waals surface area (Å²) in [6.45, 7) is 5.11. The third-order valence-electron chi connectivity index (χ3n) is 4.75. The molecule has 0 aliphatic heterocycles. The van der Waals surface area contributed by atoms with E-state index in [1.165, 1.54) is 10.7 Å². The largest absolute Gasteiger partial charge is 0.368 e. The molecule has 0 saturated carbocycles. The van der Waals surface area contributed by atoms with E-state index in [0.29, 0.717) is 22.6 Å². The first-order chi connectivity index (χ1) is 13.3. The second-order valence-corrected chi connectivity index (χ2v) is 6.76. The van der Waals surface area contributed by atoms with Crippen molar-refractivity contribution in [3.8, 4) is 5.69 Å². The number of carbonyl (C=O) groups is 1. The summed E-state index contributed by atoms with van der Waals surface area (Å²) in [5.41, 5.74) is 2.42. The van der Waals surface area contributed by atoms with Crippen LogP contribution < -0.4 is 16.2 Å². The molecular formula is C21H23FN4O2. The van der Waals surface area contributed by atoms with Gasteiger partial charge in [0.05, 0.1) is 11.4 Å². The maximum Gasteiger partial charge on any atom is 0.295 e. The first-order valence-corrected chi connectivity index (χ1v) is 8.97. The molecule has 0 aliphatic carbocycles. The Kier molecular flexibility index (Phi) is 5.35. The van der Waals surface area contributed by atoms with Gasteiger partial charge in [-0.3, -0.25) is 14.3 Å². The molecule has 0 aliphatic rings. The number of benzene rings is 2. The van der Waals surface area contributed by atoms with E-state index in [2.05, 4.69) is 10.6 Å².